The summed E-state index contributed by atoms with van der Waals surface area (Å²) in [5.74, 6) is 0.347. The van der Waals surface area contributed by atoms with Crippen molar-refractivity contribution in [3.05, 3.63) is 64.2 Å². The van der Waals surface area contributed by atoms with Gasteiger partial charge in [0.15, 0.2) is 0 Å². The van der Waals surface area contributed by atoms with E-state index in [2.05, 4.69) is 19.9 Å². The zero-order chi connectivity index (χ0) is 16.3. The second kappa shape index (κ2) is 6.60. The van der Waals surface area contributed by atoms with Gasteiger partial charge in [0.25, 0.3) is 5.69 Å². The van der Waals surface area contributed by atoms with Crippen LogP contribution >= 0.6 is 0 Å². The van der Waals surface area contributed by atoms with Gasteiger partial charge in [-0.3, -0.25) is 10.1 Å². The molecule has 0 bridgehead atoms. The van der Waals surface area contributed by atoms with E-state index in [0.29, 0.717) is 11.6 Å². The summed E-state index contributed by atoms with van der Waals surface area (Å²) >= 11 is 0. The number of nitro groups is 1. The predicted molar refractivity (Wildman–Crippen MR) is 90.9 cm³/mol. The summed E-state index contributed by atoms with van der Waals surface area (Å²) in [5.41, 5.74) is 2.99. The predicted octanol–water partition coefficient (Wildman–Crippen LogP) is 5.26. The molecule has 4 heteroatoms. The van der Waals surface area contributed by atoms with Gasteiger partial charge in [0.05, 0.1) is 4.92 Å². The first-order valence-corrected chi connectivity index (χ1v) is 7.55. The summed E-state index contributed by atoms with van der Waals surface area (Å²) in [4.78, 5) is 13.1. The molecule has 116 valence electrons. The second-order valence-electron chi connectivity index (χ2n) is 5.92. The SMILES string of the molecule is CC(C)c1ccccc1N(c1ccccc1[N+](=O)[O-])C(C)C. The average molecular weight is 298 g/mol. The highest BCUT2D eigenvalue weighted by Gasteiger charge is 2.24. The first-order valence-electron chi connectivity index (χ1n) is 7.55. The topological polar surface area (TPSA) is 46.4 Å². The number of rotatable bonds is 5. The van der Waals surface area contributed by atoms with Crippen LogP contribution in [0.3, 0.4) is 0 Å². The third-order valence-corrected chi connectivity index (χ3v) is 3.67. The zero-order valence-electron chi connectivity index (χ0n) is 13.5. The van der Waals surface area contributed by atoms with E-state index in [0.717, 1.165) is 5.69 Å². The van der Waals surface area contributed by atoms with Crippen molar-refractivity contribution in [2.75, 3.05) is 4.90 Å². The number of nitro benzene ring substituents is 1. The fraction of sp³-hybridized carbons (Fsp3) is 0.333. The summed E-state index contributed by atoms with van der Waals surface area (Å²) in [5, 5.41) is 11.4. The van der Waals surface area contributed by atoms with Crippen LogP contribution in [0.15, 0.2) is 48.5 Å². The lowest BCUT2D eigenvalue weighted by Crippen LogP contribution is -2.27. The van der Waals surface area contributed by atoms with E-state index in [-0.39, 0.29) is 16.7 Å². The van der Waals surface area contributed by atoms with Crippen molar-refractivity contribution in [2.45, 2.75) is 39.7 Å². The maximum Gasteiger partial charge on any atom is 0.292 e. The Kier molecular flexibility index (Phi) is 4.81. The number of para-hydroxylation sites is 3. The Labute approximate surface area is 131 Å². The molecular formula is C18H22N2O2. The minimum absolute atomic E-state index is 0.112. The standard InChI is InChI=1S/C18H22N2O2/c1-13(2)15-9-5-6-10-16(15)19(14(3)4)17-11-7-8-12-18(17)20(21)22/h5-14H,1-4H3. The average Bonchev–Trinajstić information content (AvgIpc) is 2.47. The number of nitrogens with zero attached hydrogens (tertiary/aromatic N) is 2. The van der Waals surface area contributed by atoms with Crippen LogP contribution in [-0.2, 0) is 0 Å². The van der Waals surface area contributed by atoms with Crippen LogP contribution in [0.2, 0.25) is 0 Å². The van der Waals surface area contributed by atoms with E-state index in [4.69, 9.17) is 0 Å². The Morgan fingerprint density at radius 1 is 0.909 bits per heavy atom. The highest BCUT2D eigenvalue weighted by molar-refractivity contribution is 5.74. The lowest BCUT2D eigenvalue weighted by atomic mass is 9.99. The molecule has 0 fully saturated rings. The molecule has 0 radical (unpaired) electrons. The van der Waals surface area contributed by atoms with Crippen molar-refractivity contribution in [1.82, 2.24) is 0 Å². The largest absolute Gasteiger partial charge is 0.333 e. The first-order chi connectivity index (χ1) is 10.4. The summed E-state index contributed by atoms with van der Waals surface area (Å²) in [6.45, 7) is 8.37. The van der Waals surface area contributed by atoms with Gasteiger partial charge in [0.2, 0.25) is 0 Å². The summed E-state index contributed by atoms with van der Waals surface area (Å²) in [7, 11) is 0. The number of benzene rings is 2. The molecule has 0 saturated heterocycles. The lowest BCUT2D eigenvalue weighted by molar-refractivity contribution is -0.384. The first kappa shape index (κ1) is 16.0. The van der Waals surface area contributed by atoms with Gasteiger partial charge in [-0.2, -0.15) is 0 Å². The molecule has 0 spiro atoms. The maximum atomic E-state index is 11.4. The zero-order valence-corrected chi connectivity index (χ0v) is 13.5. The summed E-state index contributed by atoms with van der Waals surface area (Å²) in [6.07, 6.45) is 0. The minimum atomic E-state index is -0.317. The van der Waals surface area contributed by atoms with Crippen molar-refractivity contribution in [2.24, 2.45) is 0 Å². The van der Waals surface area contributed by atoms with Gasteiger partial charge in [-0.05, 0) is 37.5 Å². The van der Waals surface area contributed by atoms with Gasteiger partial charge in [0.1, 0.15) is 5.69 Å². The Hall–Kier alpha value is -2.36. The molecule has 0 unspecified atom stereocenters. The molecule has 0 N–H and O–H groups in total. The third-order valence-electron chi connectivity index (χ3n) is 3.67. The highest BCUT2D eigenvalue weighted by Crippen LogP contribution is 2.38. The van der Waals surface area contributed by atoms with Crippen molar-refractivity contribution < 1.29 is 4.92 Å². The molecule has 0 amide bonds. The Morgan fingerprint density at radius 2 is 1.45 bits per heavy atom. The number of hydrogen-bond donors (Lipinski definition) is 0. The molecule has 0 aliphatic carbocycles. The molecule has 2 rings (SSSR count). The van der Waals surface area contributed by atoms with Gasteiger partial charge in [-0.1, -0.05) is 44.2 Å². The Balaban J connectivity index is 2.65. The van der Waals surface area contributed by atoms with Crippen LogP contribution < -0.4 is 4.90 Å². The van der Waals surface area contributed by atoms with Gasteiger partial charge in [-0.25, -0.2) is 0 Å². The monoisotopic (exact) mass is 298 g/mol. The van der Waals surface area contributed by atoms with Crippen molar-refractivity contribution in [1.29, 1.82) is 0 Å². The van der Waals surface area contributed by atoms with E-state index >= 15 is 0 Å². The number of hydrogen-bond acceptors (Lipinski definition) is 3. The highest BCUT2D eigenvalue weighted by atomic mass is 16.6. The van der Waals surface area contributed by atoms with Crippen LogP contribution in [0.4, 0.5) is 17.1 Å². The smallest absolute Gasteiger partial charge is 0.292 e. The van der Waals surface area contributed by atoms with Crippen LogP contribution in [0.1, 0.15) is 39.2 Å². The van der Waals surface area contributed by atoms with E-state index in [1.165, 1.54) is 5.56 Å². The van der Waals surface area contributed by atoms with Crippen molar-refractivity contribution in [3.8, 4) is 0 Å². The van der Waals surface area contributed by atoms with Crippen LogP contribution in [0.5, 0.6) is 0 Å². The van der Waals surface area contributed by atoms with Crippen molar-refractivity contribution in [3.63, 3.8) is 0 Å². The normalized spacial score (nSPS) is 11.0. The van der Waals surface area contributed by atoms with Crippen LogP contribution in [-0.4, -0.2) is 11.0 Å². The Morgan fingerprint density at radius 3 is 2.00 bits per heavy atom. The van der Waals surface area contributed by atoms with Gasteiger partial charge < -0.3 is 4.90 Å². The molecule has 0 aliphatic heterocycles. The van der Waals surface area contributed by atoms with Crippen LogP contribution in [0, 0.1) is 10.1 Å². The molecule has 0 aliphatic rings. The molecule has 22 heavy (non-hydrogen) atoms. The van der Waals surface area contributed by atoms with E-state index in [1.54, 1.807) is 12.1 Å². The van der Waals surface area contributed by atoms with Gasteiger partial charge >= 0.3 is 0 Å². The molecule has 2 aromatic carbocycles. The summed E-state index contributed by atoms with van der Waals surface area (Å²) in [6, 6.07) is 15.1. The molecule has 0 saturated carbocycles. The van der Waals surface area contributed by atoms with E-state index in [9.17, 15) is 10.1 Å². The molecule has 0 atom stereocenters. The van der Waals surface area contributed by atoms with Crippen LogP contribution in [0.25, 0.3) is 0 Å². The third kappa shape index (κ3) is 3.11. The number of anilines is 2. The molecule has 4 nitrogen and oxygen atoms in total. The van der Waals surface area contributed by atoms with E-state index in [1.807, 2.05) is 49.1 Å². The summed E-state index contributed by atoms with van der Waals surface area (Å²) < 4.78 is 0. The fourth-order valence-electron chi connectivity index (χ4n) is 2.70. The second-order valence-corrected chi connectivity index (χ2v) is 5.92. The minimum Gasteiger partial charge on any atom is -0.333 e. The van der Waals surface area contributed by atoms with Gasteiger partial charge in [0, 0.05) is 17.8 Å². The van der Waals surface area contributed by atoms with Crippen molar-refractivity contribution >= 4 is 17.1 Å². The molecule has 0 aromatic heterocycles. The molecule has 0 heterocycles. The fourth-order valence-corrected chi connectivity index (χ4v) is 2.70. The lowest BCUT2D eigenvalue weighted by Gasteiger charge is -2.31. The molecule has 2 aromatic rings. The quantitative estimate of drug-likeness (QED) is 0.558. The van der Waals surface area contributed by atoms with E-state index < -0.39 is 0 Å². The molecular weight excluding hydrogens is 276 g/mol. The maximum absolute atomic E-state index is 11.4. The Bertz CT molecular complexity index is 666. The van der Waals surface area contributed by atoms with Gasteiger partial charge in [-0.15, -0.1) is 0 Å².